The Morgan fingerprint density at radius 3 is 2.49 bits per heavy atom. The van der Waals surface area contributed by atoms with Gasteiger partial charge in [-0.1, -0.05) is 38.7 Å². The van der Waals surface area contributed by atoms with E-state index in [2.05, 4.69) is 16.9 Å². The second kappa shape index (κ2) is 15.9. The van der Waals surface area contributed by atoms with Crippen LogP contribution in [-0.2, 0) is 22.4 Å². The molecule has 0 aliphatic carbocycles. The molecule has 0 aliphatic heterocycles. The van der Waals surface area contributed by atoms with E-state index in [-0.39, 0.29) is 43.3 Å². The number of nitrogens with zero attached hydrogens (tertiary/aromatic N) is 1. The Labute approximate surface area is 241 Å². The fourth-order valence-electron chi connectivity index (χ4n) is 5.28. The number of nitrogen functional groups attached to an aromatic ring is 1. The predicted molar refractivity (Wildman–Crippen MR) is 158 cm³/mol. The number of pyridine rings is 1. The van der Waals surface area contributed by atoms with Crippen molar-refractivity contribution in [3.63, 3.8) is 0 Å². The summed E-state index contributed by atoms with van der Waals surface area (Å²) in [5.74, 6) is -1.36. The summed E-state index contributed by atoms with van der Waals surface area (Å²) in [4.78, 5) is 32.4. The summed E-state index contributed by atoms with van der Waals surface area (Å²) >= 11 is 0. The summed E-state index contributed by atoms with van der Waals surface area (Å²) in [6.07, 6.45) is 7.44. The van der Waals surface area contributed by atoms with Gasteiger partial charge in [-0.2, -0.15) is 0 Å². The molecular weight excluding hydrogens is 522 g/mol. The number of phenols is 1. The molecule has 2 aromatic heterocycles. The molecule has 1 aromatic carbocycles. The number of aliphatic hydroxyl groups is 2. The second-order valence-corrected chi connectivity index (χ2v) is 10.6. The van der Waals surface area contributed by atoms with Crippen LogP contribution >= 0.6 is 0 Å². The van der Waals surface area contributed by atoms with Crippen molar-refractivity contribution in [1.29, 1.82) is 0 Å². The van der Waals surface area contributed by atoms with E-state index in [0.717, 1.165) is 36.9 Å². The number of ether oxygens (including phenoxy) is 1. The molecule has 3 atom stereocenters. The van der Waals surface area contributed by atoms with Gasteiger partial charge in [0, 0.05) is 49.0 Å². The molecule has 222 valence electrons. The lowest BCUT2D eigenvalue weighted by molar-refractivity contribution is -0.138. The molecule has 41 heavy (non-hydrogen) atoms. The number of nitrogens with one attached hydrogen (secondary N) is 1. The fraction of sp³-hybridized carbons (Fsp3) is 0.469. The fourth-order valence-corrected chi connectivity index (χ4v) is 5.28. The van der Waals surface area contributed by atoms with Crippen molar-refractivity contribution in [2.75, 3.05) is 19.5 Å². The number of aromatic nitrogens is 2. The van der Waals surface area contributed by atoms with Crippen molar-refractivity contribution in [3.05, 3.63) is 71.2 Å². The Bertz CT molecular complexity index is 1260. The number of nitrogens with two attached hydrogens (primary N) is 1. The molecule has 0 fully saturated rings. The highest BCUT2D eigenvalue weighted by atomic mass is 16.5. The Kier molecular flexibility index (Phi) is 12.4. The van der Waals surface area contributed by atoms with Crippen molar-refractivity contribution >= 4 is 17.4 Å². The van der Waals surface area contributed by atoms with Crippen LogP contribution in [0.2, 0.25) is 0 Å². The van der Waals surface area contributed by atoms with Crippen LogP contribution in [0.4, 0.5) is 5.82 Å². The highest BCUT2D eigenvalue weighted by Crippen LogP contribution is 2.43. The van der Waals surface area contributed by atoms with Gasteiger partial charge in [0.05, 0.1) is 7.11 Å². The van der Waals surface area contributed by atoms with Gasteiger partial charge in [0.1, 0.15) is 5.82 Å². The van der Waals surface area contributed by atoms with Crippen LogP contribution in [0, 0.1) is 5.92 Å². The molecule has 0 amide bonds. The molecule has 0 spiro atoms. The number of aromatic amines is 1. The van der Waals surface area contributed by atoms with E-state index in [1.165, 1.54) is 7.11 Å². The summed E-state index contributed by atoms with van der Waals surface area (Å²) in [7, 11) is 1.44. The topological polar surface area (TPSA) is 159 Å². The average Bonchev–Trinajstić information content (AvgIpc) is 3.49. The molecule has 2 heterocycles. The summed E-state index contributed by atoms with van der Waals surface area (Å²) in [6, 6.07) is 10.8. The lowest BCUT2D eigenvalue weighted by Crippen LogP contribution is -2.30. The van der Waals surface area contributed by atoms with Gasteiger partial charge in [-0.15, -0.1) is 0 Å². The van der Waals surface area contributed by atoms with Crippen LogP contribution < -0.4 is 10.5 Å². The molecule has 6 N–H and O–H groups in total. The largest absolute Gasteiger partial charge is 0.504 e. The summed E-state index contributed by atoms with van der Waals surface area (Å²) in [5, 5.41) is 32.1. The molecule has 3 rings (SSSR count). The molecule has 0 saturated carbocycles. The average molecular weight is 566 g/mol. The van der Waals surface area contributed by atoms with Crippen LogP contribution in [0.25, 0.3) is 0 Å². The number of aromatic hydroxyl groups is 1. The Balaban J connectivity index is 1.85. The number of aliphatic hydroxyl groups excluding tert-OH is 2. The highest BCUT2D eigenvalue weighted by Gasteiger charge is 2.30. The Morgan fingerprint density at radius 1 is 1.07 bits per heavy atom. The van der Waals surface area contributed by atoms with Crippen LogP contribution in [0.1, 0.15) is 80.2 Å². The van der Waals surface area contributed by atoms with Gasteiger partial charge in [0.2, 0.25) is 0 Å². The number of hydrogen-bond acceptors (Lipinski definition) is 8. The van der Waals surface area contributed by atoms with Gasteiger partial charge in [-0.25, -0.2) is 4.98 Å². The minimum Gasteiger partial charge on any atom is -0.504 e. The number of phenolic OH excluding ortho intramolecular Hbond substituents is 1. The van der Waals surface area contributed by atoms with Crippen LogP contribution in [0.3, 0.4) is 0 Å². The molecule has 0 aliphatic rings. The van der Waals surface area contributed by atoms with Crippen molar-refractivity contribution in [1.82, 2.24) is 9.97 Å². The number of carbonyl (C=O) groups is 2. The van der Waals surface area contributed by atoms with E-state index in [1.54, 1.807) is 30.5 Å². The monoisotopic (exact) mass is 565 g/mol. The zero-order chi connectivity index (χ0) is 29.8. The zero-order valence-electron chi connectivity index (χ0n) is 24.0. The zero-order valence-corrected chi connectivity index (χ0v) is 24.0. The van der Waals surface area contributed by atoms with Crippen molar-refractivity contribution in [2.24, 2.45) is 5.92 Å². The third-order valence-electron chi connectivity index (χ3n) is 7.53. The maximum absolute atomic E-state index is 12.7. The lowest BCUT2D eigenvalue weighted by Gasteiger charge is -2.28. The van der Waals surface area contributed by atoms with Crippen LogP contribution in [-0.4, -0.2) is 56.7 Å². The maximum Gasteiger partial charge on any atom is 0.170 e. The number of Topliss-reactive ketones (excluding diaryl/α,β-unsaturated/α-hetero) is 2. The summed E-state index contributed by atoms with van der Waals surface area (Å²) < 4.78 is 5.48. The molecule has 9 nitrogen and oxygen atoms in total. The number of benzene rings is 1. The van der Waals surface area contributed by atoms with Gasteiger partial charge in [-0.3, -0.25) is 9.59 Å². The van der Waals surface area contributed by atoms with E-state index >= 15 is 0 Å². The maximum atomic E-state index is 12.7. The van der Waals surface area contributed by atoms with E-state index in [9.17, 15) is 24.9 Å². The first-order valence-corrected chi connectivity index (χ1v) is 14.4. The number of unbranched alkanes of at least 4 members (excludes halogenated alkanes) is 4. The molecule has 9 heteroatoms. The van der Waals surface area contributed by atoms with Crippen LogP contribution in [0.15, 0.2) is 48.8 Å². The molecule has 3 unspecified atom stereocenters. The number of carbonyl (C=O) groups excluding carboxylic acids is 2. The standard InChI is InChI=1S/C32H43N3O6/c1-3-4-5-6-7-10-26(37)32(40)27(38)12-11-21-16-25(31(39)28(17-21)41-2)30(22-13-15-35-29(33)19-22)23(20-36)18-24-9-8-14-34-24/h8-9,13-17,19,23,30,32,34,36,39-40H,3-7,10-12,18,20H2,1-2H3,(H2,33,35). The lowest BCUT2D eigenvalue weighted by atomic mass is 9.78. The van der Waals surface area contributed by atoms with Crippen molar-refractivity contribution < 1.29 is 29.6 Å². The molecule has 0 saturated heterocycles. The number of ketones is 2. The minimum absolute atomic E-state index is 0.0467. The quantitative estimate of drug-likeness (QED) is 0.112. The van der Waals surface area contributed by atoms with E-state index in [4.69, 9.17) is 10.5 Å². The molecular formula is C32H43N3O6. The number of methoxy groups -OCH3 is 1. The number of anilines is 1. The van der Waals surface area contributed by atoms with Gasteiger partial charge >= 0.3 is 0 Å². The Morgan fingerprint density at radius 2 is 1.83 bits per heavy atom. The molecule has 3 aromatic rings. The number of hydrogen-bond donors (Lipinski definition) is 5. The molecule has 0 radical (unpaired) electrons. The normalized spacial score (nSPS) is 13.5. The van der Waals surface area contributed by atoms with Gasteiger partial charge in [-0.05, 0) is 66.6 Å². The van der Waals surface area contributed by atoms with Gasteiger partial charge in [0.15, 0.2) is 29.2 Å². The first-order chi connectivity index (χ1) is 19.8. The van der Waals surface area contributed by atoms with E-state index in [1.807, 2.05) is 18.3 Å². The minimum atomic E-state index is -1.63. The number of H-pyrrole nitrogens is 1. The Hall–Kier alpha value is -3.69. The SMILES string of the molecule is CCCCCCCC(=O)C(O)C(=O)CCc1cc(OC)c(O)c(C(c2ccnc(N)c2)C(CO)Cc2ccc[nH]2)c1. The highest BCUT2D eigenvalue weighted by molar-refractivity contribution is 6.05. The number of aryl methyl sites for hydroxylation is 1. The smallest absolute Gasteiger partial charge is 0.170 e. The third-order valence-corrected chi connectivity index (χ3v) is 7.53. The van der Waals surface area contributed by atoms with Crippen LogP contribution in [0.5, 0.6) is 11.5 Å². The predicted octanol–water partition coefficient (Wildman–Crippen LogP) is 4.48. The molecule has 0 bridgehead atoms. The summed E-state index contributed by atoms with van der Waals surface area (Å²) in [6.45, 7) is 1.94. The second-order valence-electron chi connectivity index (χ2n) is 10.6. The van der Waals surface area contributed by atoms with Crippen molar-refractivity contribution in [3.8, 4) is 11.5 Å². The van der Waals surface area contributed by atoms with E-state index in [0.29, 0.717) is 29.8 Å². The van der Waals surface area contributed by atoms with Crippen molar-refractivity contribution in [2.45, 2.75) is 76.7 Å². The third kappa shape index (κ3) is 8.90. The van der Waals surface area contributed by atoms with Gasteiger partial charge in [0.25, 0.3) is 0 Å². The number of rotatable bonds is 18. The first kappa shape index (κ1) is 31.8. The van der Waals surface area contributed by atoms with Gasteiger partial charge < -0.3 is 30.8 Å². The first-order valence-electron chi connectivity index (χ1n) is 14.4. The summed E-state index contributed by atoms with van der Waals surface area (Å²) in [5.41, 5.74) is 8.88. The van der Waals surface area contributed by atoms with E-state index < -0.39 is 23.6 Å².